The predicted molar refractivity (Wildman–Crippen MR) is 65.7 cm³/mol. The molecule has 1 unspecified atom stereocenters. The third-order valence-corrected chi connectivity index (χ3v) is 2.31. The van der Waals surface area contributed by atoms with E-state index >= 15 is 0 Å². The Hall–Kier alpha value is -2.16. The summed E-state index contributed by atoms with van der Waals surface area (Å²) in [6.45, 7) is 1.03. The van der Waals surface area contributed by atoms with Crippen molar-refractivity contribution in [3.63, 3.8) is 0 Å². The van der Waals surface area contributed by atoms with Crippen LogP contribution < -0.4 is 11.1 Å². The van der Waals surface area contributed by atoms with Crippen LogP contribution in [0.1, 0.15) is 18.2 Å². The molecule has 4 N–H and O–H groups in total. The molecule has 10 heteroatoms. The Labute approximate surface area is 109 Å². The van der Waals surface area contributed by atoms with Gasteiger partial charge in [-0.1, -0.05) is 10.3 Å². The van der Waals surface area contributed by atoms with Gasteiger partial charge in [-0.3, -0.25) is 4.79 Å². The van der Waals surface area contributed by atoms with Gasteiger partial charge in [0.2, 0.25) is 5.91 Å². The SMILES string of the molecule is [N-]=[N+]=NCCCNC(C(N)=O)c1cn(CCO)nn1. The molecule has 10 nitrogen and oxygen atoms in total. The number of carbonyl (C=O) groups excluding carboxylic acids is 1. The number of nitrogens with two attached hydrogens (primary N) is 1. The summed E-state index contributed by atoms with van der Waals surface area (Å²) >= 11 is 0. The Morgan fingerprint density at radius 3 is 3.16 bits per heavy atom. The van der Waals surface area contributed by atoms with Gasteiger partial charge in [-0.2, -0.15) is 0 Å². The van der Waals surface area contributed by atoms with Gasteiger partial charge < -0.3 is 16.2 Å². The lowest BCUT2D eigenvalue weighted by Gasteiger charge is -2.11. The van der Waals surface area contributed by atoms with Gasteiger partial charge in [0.05, 0.1) is 19.3 Å². The van der Waals surface area contributed by atoms with Crippen molar-refractivity contribution in [2.45, 2.75) is 19.0 Å². The lowest BCUT2D eigenvalue weighted by Crippen LogP contribution is -2.34. The fourth-order valence-corrected chi connectivity index (χ4v) is 1.45. The average Bonchev–Trinajstić information content (AvgIpc) is 2.82. The van der Waals surface area contributed by atoms with Crippen LogP contribution in [0.3, 0.4) is 0 Å². The summed E-state index contributed by atoms with van der Waals surface area (Å²) in [5.74, 6) is -0.570. The fourth-order valence-electron chi connectivity index (χ4n) is 1.45. The molecule has 0 aliphatic rings. The number of aromatic nitrogens is 3. The molecule has 19 heavy (non-hydrogen) atoms. The monoisotopic (exact) mass is 268 g/mol. The van der Waals surface area contributed by atoms with Crippen LogP contribution in [0, 0.1) is 0 Å². The standard InChI is InChI=1S/C9H16N8O2/c10-9(19)8(12-2-1-3-13-15-11)7-6-17(4-5-18)16-14-7/h6,8,12,18H,1-5H2,(H2,10,19). The molecule has 0 radical (unpaired) electrons. The van der Waals surface area contributed by atoms with E-state index in [-0.39, 0.29) is 6.61 Å². The van der Waals surface area contributed by atoms with Crippen molar-refractivity contribution in [1.82, 2.24) is 20.3 Å². The molecule has 0 spiro atoms. The van der Waals surface area contributed by atoms with E-state index < -0.39 is 11.9 Å². The molecule has 104 valence electrons. The molecule has 0 aliphatic carbocycles. The highest BCUT2D eigenvalue weighted by Crippen LogP contribution is 2.08. The number of aliphatic hydroxyl groups is 1. The van der Waals surface area contributed by atoms with Crippen LogP contribution in [0.25, 0.3) is 10.4 Å². The molecular weight excluding hydrogens is 252 g/mol. The van der Waals surface area contributed by atoms with E-state index in [4.69, 9.17) is 16.4 Å². The zero-order chi connectivity index (χ0) is 14.1. The largest absolute Gasteiger partial charge is 0.394 e. The highest BCUT2D eigenvalue weighted by atomic mass is 16.3. The molecule has 0 aromatic carbocycles. The second-order valence-corrected chi connectivity index (χ2v) is 3.73. The summed E-state index contributed by atoms with van der Waals surface area (Å²) in [7, 11) is 0. The number of primary amides is 1. The molecule has 1 amide bonds. The van der Waals surface area contributed by atoms with E-state index in [0.29, 0.717) is 31.7 Å². The van der Waals surface area contributed by atoms with Crippen molar-refractivity contribution >= 4 is 5.91 Å². The van der Waals surface area contributed by atoms with E-state index in [1.165, 1.54) is 4.68 Å². The number of nitrogens with one attached hydrogen (secondary N) is 1. The summed E-state index contributed by atoms with van der Waals surface area (Å²) in [5.41, 5.74) is 13.8. The number of carbonyl (C=O) groups is 1. The minimum absolute atomic E-state index is 0.0658. The number of hydrogen-bond donors (Lipinski definition) is 3. The Morgan fingerprint density at radius 1 is 1.74 bits per heavy atom. The van der Waals surface area contributed by atoms with Crippen molar-refractivity contribution in [3.05, 3.63) is 22.3 Å². The van der Waals surface area contributed by atoms with Crippen LogP contribution in [0.2, 0.25) is 0 Å². The molecule has 0 aliphatic heterocycles. The first-order valence-corrected chi connectivity index (χ1v) is 5.73. The molecule has 0 saturated heterocycles. The minimum atomic E-state index is -0.751. The van der Waals surface area contributed by atoms with Crippen LogP contribution in [-0.4, -0.2) is 45.7 Å². The molecule has 0 bridgehead atoms. The lowest BCUT2D eigenvalue weighted by molar-refractivity contribution is -0.120. The normalized spacial score (nSPS) is 11.8. The Balaban J connectivity index is 2.55. The van der Waals surface area contributed by atoms with Gasteiger partial charge in [0, 0.05) is 11.5 Å². The topological polar surface area (TPSA) is 155 Å². The van der Waals surface area contributed by atoms with Crippen molar-refractivity contribution in [2.24, 2.45) is 10.8 Å². The first kappa shape index (κ1) is 14.9. The number of aliphatic hydroxyl groups excluding tert-OH is 1. The van der Waals surface area contributed by atoms with Crippen LogP contribution in [-0.2, 0) is 11.3 Å². The first-order valence-electron chi connectivity index (χ1n) is 5.73. The minimum Gasteiger partial charge on any atom is -0.394 e. The van der Waals surface area contributed by atoms with E-state index in [1.54, 1.807) is 6.20 Å². The molecule has 1 atom stereocenters. The van der Waals surface area contributed by atoms with Crippen molar-refractivity contribution < 1.29 is 9.90 Å². The second-order valence-electron chi connectivity index (χ2n) is 3.73. The first-order chi connectivity index (χ1) is 9.19. The third kappa shape index (κ3) is 4.92. The maximum Gasteiger partial charge on any atom is 0.240 e. The van der Waals surface area contributed by atoms with Gasteiger partial charge >= 0.3 is 0 Å². The van der Waals surface area contributed by atoms with Crippen LogP contribution in [0.15, 0.2) is 11.3 Å². The maximum absolute atomic E-state index is 11.3. The average molecular weight is 268 g/mol. The Bertz CT molecular complexity index is 453. The van der Waals surface area contributed by atoms with E-state index in [9.17, 15) is 4.79 Å². The fraction of sp³-hybridized carbons (Fsp3) is 0.667. The number of rotatable bonds is 9. The lowest BCUT2D eigenvalue weighted by atomic mass is 10.2. The zero-order valence-electron chi connectivity index (χ0n) is 10.3. The van der Waals surface area contributed by atoms with E-state index in [0.717, 1.165) is 0 Å². The maximum atomic E-state index is 11.3. The van der Waals surface area contributed by atoms with Crippen molar-refractivity contribution in [3.8, 4) is 0 Å². The summed E-state index contributed by atoms with van der Waals surface area (Å²) in [6.07, 6.45) is 2.13. The molecule has 0 saturated carbocycles. The quantitative estimate of drug-likeness (QED) is 0.229. The van der Waals surface area contributed by atoms with Gasteiger partial charge in [0.15, 0.2) is 0 Å². The zero-order valence-corrected chi connectivity index (χ0v) is 10.3. The van der Waals surface area contributed by atoms with Crippen molar-refractivity contribution in [2.75, 3.05) is 19.7 Å². The number of azide groups is 1. The molecule has 0 fully saturated rings. The van der Waals surface area contributed by atoms with E-state index in [1.807, 2.05) is 0 Å². The van der Waals surface area contributed by atoms with Gasteiger partial charge in [-0.15, -0.1) is 5.10 Å². The molecule has 1 heterocycles. The number of amides is 1. The van der Waals surface area contributed by atoms with Gasteiger partial charge in [-0.25, -0.2) is 4.68 Å². The van der Waals surface area contributed by atoms with Crippen LogP contribution in [0.5, 0.6) is 0 Å². The number of nitrogens with zero attached hydrogens (tertiary/aromatic N) is 6. The van der Waals surface area contributed by atoms with Crippen LogP contribution in [0.4, 0.5) is 0 Å². The summed E-state index contributed by atoms with van der Waals surface area (Å²) in [6, 6.07) is -0.751. The summed E-state index contributed by atoms with van der Waals surface area (Å²) in [5, 5.41) is 22.6. The molecule has 1 aromatic heterocycles. The van der Waals surface area contributed by atoms with Gasteiger partial charge in [-0.05, 0) is 18.5 Å². The number of hydrogen-bond acceptors (Lipinski definition) is 6. The highest BCUT2D eigenvalue weighted by Gasteiger charge is 2.20. The summed E-state index contributed by atoms with van der Waals surface area (Å²) < 4.78 is 1.42. The molecule has 1 rings (SSSR count). The van der Waals surface area contributed by atoms with Gasteiger partial charge in [0.25, 0.3) is 0 Å². The molecule has 1 aromatic rings. The van der Waals surface area contributed by atoms with Crippen LogP contribution >= 0.6 is 0 Å². The van der Waals surface area contributed by atoms with Gasteiger partial charge in [0.1, 0.15) is 11.7 Å². The predicted octanol–water partition coefficient (Wildman–Crippen LogP) is -0.913. The smallest absolute Gasteiger partial charge is 0.240 e. The third-order valence-electron chi connectivity index (χ3n) is 2.31. The summed E-state index contributed by atoms with van der Waals surface area (Å²) in [4.78, 5) is 14.0. The molecular formula is C9H16N8O2. The Kier molecular flexibility index (Phi) is 6.30. The van der Waals surface area contributed by atoms with Crippen molar-refractivity contribution in [1.29, 1.82) is 0 Å². The van der Waals surface area contributed by atoms with E-state index in [2.05, 4.69) is 25.7 Å². The second kappa shape index (κ2) is 8.03. The highest BCUT2D eigenvalue weighted by molar-refractivity contribution is 5.80. The Morgan fingerprint density at radius 2 is 2.53 bits per heavy atom.